The molecular weight excluding hydrogens is 364 g/mol. The molecule has 0 amide bonds. The van der Waals surface area contributed by atoms with Gasteiger partial charge in [0.15, 0.2) is 17.1 Å². The number of hydrogen-bond donors (Lipinski definition) is 0. The van der Waals surface area contributed by atoms with E-state index in [9.17, 15) is 0 Å². The molecule has 5 rings (SSSR count). The largest absolute Gasteiger partial charge is 0.497 e. The van der Waals surface area contributed by atoms with Crippen molar-refractivity contribution in [2.45, 2.75) is 0 Å². The number of hydrogen-bond acceptors (Lipinski definition) is 5. The molecule has 0 atom stereocenters. The van der Waals surface area contributed by atoms with Gasteiger partial charge in [0, 0.05) is 5.56 Å². The molecule has 3 aromatic heterocycles. The molecule has 3 heterocycles. The van der Waals surface area contributed by atoms with Gasteiger partial charge < -0.3 is 4.74 Å². The maximum absolute atomic E-state index is 6.31. The van der Waals surface area contributed by atoms with Gasteiger partial charge in [0.1, 0.15) is 12.1 Å². The van der Waals surface area contributed by atoms with Crippen LogP contribution in [0.3, 0.4) is 0 Å². The van der Waals surface area contributed by atoms with Gasteiger partial charge in [0.25, 0.3) is 0 Å². The molecule has 0 aliphatic heterocycles. The van der Waals surface area contributed by atoms with E-state index in [1.54, 1.807) is 28.8 Å². The molecule has 2 aromatic carbocycles. The summed E-state index contributed by atoms with van der Waals surface area (Å²) in [5.41, 5.74) is 3.01. The summed E-state index contributed by atoms with van der Waals surface area (Å²) in [6, 6.07) is 15.1. The number of fused-ring (bicyclic) bond motifs is 3. The standard InChI is InChI=1S/C19H13ClN6O/c1-27-13-8-6-12(7-9-13)17-23-19-14-10-22-26(16-5-3-2-4-15(16)20)18(14)21-11-25(19)24-17/h2-11H,1H3. The van der Waals surface area contributed by atoms with Gasteiger partial charge in [0.05, 0.1) is 29.4 Å². The zero-order valence-electron chi connectivity index (χ0n) is 14.2. The van der Waals surface area contributed by atoms with Crippen molar-refractivity contribution in [1.29, 1.82) is 0 Å². The molecule has 0 spiro atoms. The Morgan fingerprint density at radius 3 is 2.59 bits per heavy atom. The molecule has 132 valence electrons. The summed E-state index contributed by atoms with van der Waals surface area (Å²) in [4.78, 5) is 9.18. The summed E-state index contributed by atoms with van der Waals surface area (Å²) < 4.78 is 8.56. The maximum Gasteiger partial charge on any atom is 0.182 e. The Balaban J connectivity index is 1.67. The molecule has 0 unspecified atom stereocenters. The van der Waals surface area contributed by atoms with E-state index in [1.165, 1.54) is 0 Å². The van der Waals surface area contributed by atoms with Gasteiger partial charge in [-0.2, -0.15) is 5.10 Å². The lowest BCUT2D eigenvalue weighted by molar-refractivity contribution is 0.415. The van der Waals surface area contributed by atoms with Gasteiger partial charge in [-0.3, -0.25) is 0 Å². The third-order valence-electron chi connectivity index (χ3n) is 4.33. The molecule has 0 aliphatic carbocycles. The van der Waals surface area contributed by atoms with Crippen molar-refractivity contribution in [2.24, 2.45) is 0 Å². The number of ether oxygens (including phenoxy) is 1. The minimum atomic E-state index is 0.601. The SMILES string of the molecule is COc1ccc(-c2nc3c4cnn(-c5ccccc5Cl)c4ncn3n2)cc1. The van der Waals surface area contributed by atoms with Crippen LogP contribution in [0.4, 0.5) is 0 Å². The monoisotopic (exact) mass is 376 g/mol. The van der Waals surface area contributed by atoms with Crippen LogP contribution in [0.15, 0.2) is 61.1 Å². The molecular formula is C19H13ClN6O. The second kappa shape index (κ2) is 6.07. The summed E-state index contributed by atoms with van der Waals surface area (Å²) in [5, 5.41) is 10.4. The molecule has 27 heavy (non-hydrogen) atoms. The van der Waals surface area contributed by atoms with E-state index < -0.39 is 0 Å². The molecule has 7 nitrogen and oxygen atoms in total. The van der Waals surface area contributed by atoms with Gasteiger partial charge in [0.2, 0.25) is 0 Å². The highest BCUT2D eigenvalue weighted by molar-refractivity contribution is 6.32. The predicted molar refractivity (Wildman–Crippen MR) is 102 cm³/mol. The second-order valence-corrected chi connectivity index (χ2v) is 6.33. The Hall–Kier alpha value is -3.45. The fraction of sp³-hybridized carbons (Fsp3) is 0.0526. The normalized spacial score (nSPS) is 11.3. The first-order valence-corrected chi connectivity index (χ1v) is 8.61. The van der Waals surface area contributed by atoms with Gasteiger partial charge in [-0.1, -0.05) is 23.7 Å². The second-order valence-electron chi connectivity index (χ2n) is 5.92. The topological polar surface area (TPSA) is 70.1 Å². The number of nitrogens with zero attached hydrogens (tertiary/aromatic N) is 6. The van der Waals surface area contributed by atoms with E-state index in [4.69, 9.17) is 16.3 Å². The smallest absolute Gasteiger partial charge is 0.182 e. The molecule has 0 fully saturated rings. The number of para-hydroxylation sites is 1. The first kappa shape index (κ1) is 15.8. The minimum absolute atomic E-state index is 0.601. The molecule has 0 saturated heterocycles. The summed E-state index contributed by atoms with van der Waals surface area (Å²) >= 11 is 6.31. The van der Waals surface area contributed by atoms with Crippen LogP contribution in [0.2, 0.25) is 5.02 Å². The van der Waals surface area contributed by atoms with Gasteiger partial charge in [-0.05, 0) is 36.4 Å². The first-order valence-electron chi connectivity index (χ1n) is 8.23. The van der Waals surface area contributed by atoms with Crippen molar-refractivity contribution in [2.75, 3.05) is 7.11 Å². The Morgan fingerprint density at radius 2 is 1.81 bits per heavy atom. The Labute approximate surface area is 158 Å². The predicted octanol–water partition coefficient (Wildman–Crippen LogP) is 3.79. The Bertz CT molecular complexity index is 1270. The third-order valence-corrected chi connectivity index (χ3v) is 4.65. The highest BCUT2D eigenvalue weighted by Gasteiger charge is 2.15. The number of methoxy groups -OCH3 is 1. The van der Waals surface area contributed by atoms with Crippen LogP contribution in [-0.2, 0) is 0 Å². The number of halogens is 1. The van der Waals surface area contributed by atoms with E-state index in [1.807, 2.05) is 48.5 Å². The molecule has 0 bridgehead atoms. The zero-order valence-corrected chi connectivity index (χ0v) is 15.0. The van der Waals surface area contributed by atoms with Crippen LogP contribution in [0.5, 0.6) is 5.75 Å². The molecule has 0 aliphatic rings. The average molecular weight is 377 g/mol. The van der Waals surface area contributed by atoms with Crippen molar-refractivity contribution in [3.8, 4) is 22.8 Å². The summed E-state index contributed by atoms with van der Waals surface area (Å²) in [5.74, 6) is 1.39. The van der Waals surface area contributed by atoms with Crippen LogP contribution in [0, 0.1) is 0 Å². The quantitative estimate of drug-likeness (QED) is 0.479. The van der Waals surface area contributed by atoms with Crippen molar-refractivity contribution in [1.82, 2.24) is 29.4 Å². The Kier molecular flexibility index (Phi) is 3.54. The van der Waals surface area contributed by atoms with Crippen LogP contribution < -0.4 is 4.74 Å². The number of rotatable bonds is 3. The molecule has 0 N–H and O–H groups in total. The van der Waals surface area contributed by atoms with Gasteiger partial charge >= 0.3 is 0 Å². The maximum atomic E-state index is 6.31. The molecule has 8 heteroatoms. The summed E-state index contributed by atoms with van der Waals surface area (Å²) in [7, 11) is 1.64. The van der Waals surface area contributed by atoms with E-state index in [2.05, 4.69) is 20.2 Å². The molecule has 5 aromatic rings. The van der Waals surface area contributed by atoms with Crippen molar-refractivity contribution in [3.63, 3.8) is 0 Å². The third kappa shape index (κ3) is 2.51. The van der Waals surface area contributed by atoms with Gasteiger partial charge in [-0.15, -0.1) is 5.10 Å². The van der Waals surface area contributed by atoms with E-state index >= 15 is 0 Å². The van der Waals surface area contributed by atoms with Crippen LogP contribution in [0.1, 0.15) is 0 Å². The summed E-state index contributed by atoms with van der Waals surface area (Å²) in [6.07, 6.45) is 3.36. The lowest BCUT2D eigenvalue weighted by atomic mass is 10.2. The van der Waals surface area contributed by atoms with Gasteiger partial charge in [-0.25, -0.2) is 19.2 Å². The molecule has 0 saturated carbocycles. The van der Waals surface area contributed by atoms with Crippen molar-refractivity contribution in [3.05, 3.63) is 66.1 Å². The lowest BCUT2D eigenvalue weighted by Crippen LogP contribution is -1.99. The van der Waals surface area contributed by atoms with E-state index in [0.717, 1.165) is 22.4 Å². The van der Waals surface area contributed by atoms with E-state index in [-0.39, 0.29) is 0 Å². The Morgan fingerprint density at radius 1 is 1.00 bits per heavy atom. The highest BCUT2D eigenvalue weighted by Crippen LogP contribution is 2.26. The van der Waals surface area contributed by atoms with Crippen LogP contribution in [-0.4, -0.2) is 36.5 Å². The highest BCUT2D eigenvalue weighted by atomic mass is 35.5. The number of benzene rings is 2. The molecule has 0 radical (unpaired) electrons. The number of aromatic nitrogens is 6. The van der Waals surface area contributed by atoms with Crippen LogP contribution >= 0.6 is 11.6 Å². The zero-order chi connectivity index (χ0) is 18.4. The minimum Gasteiger partial charge on any atom is -0.497 e. The first-order chi connectivity index (χ1) is 13.2. The fourth-order valence-corrected chi connectivity index (χ4v) is 3.20. The van der Waals surface area contributed by atoms with Crippen molar-refractivity contribution >= 4 is 28.3 Å². The summed E-state index contributed by atoms with van der Waals surface area (Å²) in [6.45, 7) is 0. The van der Waals surface area contributed by atoms with Crippen LogP contribution in [0.25, 0.3) is 33.8 Å². The van der Waals surface area contributed by atoms with Crippen molar-refractivity contribution < 1.29 is 4.74 Å². The fourth-order valence-electron chi connectivity index (χ4n) is 2.98. The van der Waals surface area contributed by atoms with E-state index in [0.29, 0.717) is 22.1 Å². The lowest BCUT2D eigenvalue weighted by Gasteiger charge is -2.04. The average Bonchev–Trinajstić information content (AvgIpc) is 3.32.